The second-order valence-electron chi connectivity index (χ2n) is 5.82. The van der Waals surface area contributed by atoms with E-state index in [1.165, 1.54) is 0 Å². The zero-order valence-corrected chi connectivity index (χ0v) is 13.5. The minimum atomic E-state index is -0.351. The number of anilines is 1. The highest BCUT2D eigenvalue weighted by atomic mass is 16.5. The second kappa shape index (κ2) is 7.61. The van der Waals surface area contributed by atoms with Gasteiger partial charge in [0.05, 0.1) is 5.56 Å². The van der Waals surface area contributed by atoms with Gasteiger partial charge in [0.25, 0.3) is 11.8 Å². The molecule has 1 aliphatic rings. The Morgan fingerprint density at radius 1 is 1.08 bits per heavy atom. The van der Waals surface area contributed by atoms with Gasteiger partial charge in [-0.2, -0.15) is 0 Å². The Morgan fingerprint density at radius 2 is 1.80 bits per heavy atom. The van der Waals surface area contributed by atoms with E-state index in [0.29, 0.717) is 34.9 Å². The SMILES string of the molecule is O=Cc1ccccc1OCC(=O)Nc1ccc(C(=O)NC2CC2)cc1. The zero-order valence-electron chi connectivity index (χ0n) is 13.5. The van der Waals surface area contributed by atoms with E-state index in [-0.39, 0.29) is 18.4 Å². The molecule has 128 valence electrons. The van der Waals surface area contributed by atoms with Gasteiger partial charge in [0, 0.05) is 17.3 Å². The lowest BCUT2D eigenvalue weighted by Gasteiger charge is -2.09. The molecule has 2 aromatic rings. The molecule has 2 amide bonds. The summed E-state index contributed by atoms with van der Waals surface area (Å²) in [5.74, 6) is -0.0928. The number of hydrogen-bond acceptors (Lipinski definition) is 4. The van der Waals surface area contributed by atoms with E-state index >= 15 is 0 Å². The molecule has 1 fully saturated rings. The quantitative estimate of drug-likeness (QED) is 0.759. The maximum absolute atomic E-state index is 12.0. The first-order chi connectivity index (χ1) is 12.2. The monoisotopic (exact) mass is 338 g/mol. The number of carbonyl (C=O) groups is 3. The van der Waals surface area contributed by atoms with Crippen molar-refractivity contribution in [3.63, 3.8) is 0 Å². The van der Waals surface area contributed by atoms with Crippen LogP contribution in [0.15, 0.2) is 48.5 Å². The number of benzene rings is 2. The largest absolute Gasteiger partial charge is 0.483 e. The first-order valence-corrected chi connectivity index (χ1v) is 8.03. The fraction of sp³-hybridized carbons (Fsp3) is 0.211. The average molecular weight is 338 g/mol. The van der Waals surface area contributed by atoms with Crippen LogP contribution in [-0.2, 0) is 4.79 Å². The molecule has 1 saturated carbocycles. The first-order valence-electron chi connectivity index (χ1n) is 8.03. The van der Waals surface area contributed by atoms with E-state index in [2.05, 4.69) is 10.6 Å². The third-order valence-corrected chi connectivity index (χ3v) is 3.75. The first kappa shape index (κ1) is 16.7. The number of ether oxygens (including phenoxy) is 1. The number of nitrogens with one attached hydrogen (secondary N) is 2. The van der Waals surface area contributed by atoms with Gasteiger partial charge in [0.2, 0.25) is 0 Å². The average Bonchev–Trinajstić information content (AvgIpc) is 3.44. The highest BCUT2D eigenvalue weighted by Gasteiger charge is 2.23. The van der Waals surface area contributed by atoms with Gasteiger partial charge in [0.1, 0.15) is 5.75 Å². The lowest BCUT2D eigenvalue weighted by Crippen LogP contribution is -2.25. The van der Waals surface area contributed by atoms with Gasteiger partial charge in [-0.25, -0.2) is 0 Å². The summed E-state index contributed by atoms with van der Waals surface area (Å²) >= 11 is 0. The molecule has 1 aliphatic carbocycles. The predicted molar refractivity (Wildman–Crippen MR) is 92.9 cm³/mol. The molecule has 2 aromatic carbocycles. The maximum Gasteiger partial charge on any atom is 0.262 e. The smallest absolute Gasteiger partial charge is 0.262 e. The molecule has 0 spiro atoms. The Labute approximate surface area is 145 Å². The maximum atomic E-state index is 12.0. The van der Waals surface area contributed by atoms with Crippen LogP contribution in [0.25, 0.3) is 0 Å². The molecule has 3 rings (SSSR count). The van der Waals surface area contributed by atoms with Gasteiger partial charge in [-0.3, -0.25) is 14.4 Å². The van der Waals surface area contributed by atoms with Crippen molar-refractivity contribution >= 4 is 23.8 Å². The van der Waals surface area contributed by atoms with Crippen LogP contribution in [-0.4, -0.2) is 30.7 Å². The van der Waals surface area contributed by atoms with E-state index in [0.717, 1.165) is 12.8 Å². The number of carbonyl (C=O) groups excluding carboxylic acids is 3. The van der Waals surface area contributed by atoms with E-state index in [9.17, 15) is 14.4 Å². The molecule has 0 unspecified atom stereocenters. The lowest BCUT2D eigenvalue weighted by molar-refractivity contribution is -0.118. The van der Waals surface area contributed by atoms with Crippen molar-refractivity contribution in [2.24, 2.45) is 0 Å². The molecular weight excluding hydrogens is 320 g/mol. The van der Waals surface area contributed by atoms with E-state index < -0.39 is 0 Å². The molecule has 6 heteroatoms. The van der Waals surface area contributed by atoms with Crippen molar-refractivity contribution in [2.45, 2.75) is 18.9 Å². The van der Waals surface area contributed by atoms with Crippen molar-refractivity contribution < 1.29 is 19.1 Å². The van der Waals surface area contributed by atoms with Gasteiger partial charge >= 0.3 is 0 Å². The summed E-state index contributed by atoms with van der Waals surface area (Å²) in [6.45, 7) is -0.214. The Balaban J connectivity index is 1.52. The molecule has 0 atom stereocenters. The Kier molecular flexibility index (Phi) is 5.09. The molecule has 0 aromatic heterocycles. The highest BCUT2D eigenvalue weighted by molar-refractivity contribution is 5.96. The van der Waals surface area contributed by atoms with Crippen LogP contribution >= 0.6 is 0 Å². The number of rotatable bonds is 7. The fourth-order valence-electron chi connectivity index (χ4n) is 2.25. The lowest BCUT2D eigenvalue weighted by atomic mass is 10.2. The van der Waals surface area contributed by atoms with E-state index in [1.807, 2.05) is 0 Å². The Bertz CT molecular complexity index is 782. The molecule has 0 bridgehead atoms. The minimum Gasteiger partial charge on any atom is -0.483 e. The summed E-state index contributed by atoms with van der Waals surface area (Å²) in [5.41, 5.74) is 1.52. The van der Waals surface area contributed by atoms with Crippen molar-refractivity contribution in [3.8, 4) is 5.75 Å². The topological polar surface area (TPSA) is 84.5 Å². The highest BCUT2D eigenvalue weighted by Crippen LogP contribution is 2.20. The summed E-state index contributed by atoms with van der Waals surface area (Å²) in [7, 11) is 0. The van der Waals surface area contributed by atoms with Crippen LogP contribution in [0, 0.1) is 0 Å². The zero-order chi connectivity index (χ0) is 17.6. The van der Waals surface area contributed by atoms with Crippen LogP contribution in [0.4, 0.5) is 5.69 Å². The van der Waals surface area contributed by atoms with Gasteiger partial charge in [0.15, 0.2) is 12.9 Å². The third kappa shape index (κ3) is 4.67. The summed E-state index contributed by atoms with van der Waals surface area (Å²) in [5, 5.41) is 5.59. The van der Waals surface area contributed by atoms with Crippen molar-refractivity contribution in [3.05, 3.63) is 59.7 Å². The van der Waals surface area contributed by atoms with Gasteiger partial charge in [-0.15, -0.1) is 0 Å². The summed E-state index contributed by atoms with van der Waals surface area (Å²) < 4.78 is 5.37. The summed E-state index contributed by atoms with van der Waals surface area (Å²) in [6, 6.07) is 13.7. The summed E-state index contributed by atoms with van der Waals surface area (Å²) in [4.78, 5) is 34.8. The van der Waals surface area contributed by atoms with Gasteiger partial charge in [-0.1, -0.05) is 12.1 Å². The standard InChI is InChI=1S/C19H18N2O4/c22-11-14-3-1-2-4-17(14)25-12-18(23)20-15-7-5-13(6-8-15)19(24)21-16-9-10-16/h1-8,11,16H,9-10,12H2,(H,20,23)(H,21,24). The fourth-order valence-corrected chi connectivity index (χ4v) is 2.25. The molecule has 6 nitrogen and oxygen atoms in total. The summed E-state index contributed by atoms with van der Waals surface area (Å²) in [6.07, 6.45) is 2.75. The third-order valence-electron chi connectivity index (χ3n) is 3.75. The van der Waals surface area contributed by atoms with Crippen molar-refractivity contribution in [1.82, 2.24) is 5.32 Å². The number of para-hydroxylation sites is 1. The molecule has 0 radical (unpaired) electrons. The number of amides is 2. The molecule has 2 N–H and O–H groups in total. The predicted octanol–water partition coefficient (Wildman–Crippen LogP) is 2.41. The molecule has 0 aliphatic heterocycles. The molecule has 25 heavy (non-hydrogen) atoms. The molecular formula is C19H18N2O4. The van der Waals surface area contributed by atoms with Crippen LogP contribution in [0.2, 0.25) is 0 Å². The van der Waals surface area contributed by atoms with Crippen molar-refractivity contribution in [1.29, 1.82) is 0 Å². The van der Waals surface area contributed by atoms with E-state index in [1.54, 1.807) is 48.5 Å². The van der Waals surface area contributed by atoms with Crippen LogP contribution in [0.3, 0.4) is 0 Å². The number of aldehydes is 1. The van der Waals surface area contributed by atoms with Crippen LogP contribution in [0.1, 0.15) is 33.6 Å². The number of hydrogen-bond donors (Lipinski definition) is 2. The molecule has 0 heterocycles. The normalized spacial score (nSPS) is 13.0. The van der Waals surface area contributed by atoms with Gasteiger partial charge < -0.3 is 15.4 Å². The van der Waals surface area contributed by atoms with Crippen LogP contribution in [0.5, 0.6) is 5.75 Å². The minimum absolute atomic E-state index is 0.103. The van der Waals surface area contributed by atoms with E-state index in [4.69, 9.17) is 4.74 Å². The Hall–Kier alpha value is -3.15. The van der Waals surface area contributed by atoms with Gasteiger partial charge in [-0.05, 0) is 49.2 Å². The van der Waals surface area contributed by atoms with Crippen molar-refractivity contribution in [2.75, 3.05) is 11.9 Å². The molecule has 0 saturated heterocycles. The second-order valence-corrected chi connectivity index (χ2v) is 5.82. The Morgan fingerprint density at radius 3 is 2.48 bits per heavy atom. The van der Waals surface area contributed by atoms with Crippen LogP contribution < -0.4 is 15.4 Å².